The number of halogens is 1. The molecule has 17 heavy (non-hydrogen) atoms. The van der Waals surface area contributed by atoms with Crippen LogP contribution < -0.4 is 0 Å². The van der Waals surface area contributed by atoms with Gasteiger partial charge in [0.25, 0.3) is 0 Å². The number of nitrogens with zero attached hydrogens (tertiary/aromatic N) is 1. The molecule has 0 aliphatic carbocycles. The molecular weight excluding hydrogens is 238 g/mol. The largest absolute Gasteiger partial charge is 0.462 e. The lowest BCUT2D eigenvalue weighted by atomic mass is 10.1. The van der Waals surface area contributed by atoms with Crippen LogP contribution in [-0.2, 0) is 9.53 Å². The maximum absolute atomic E-state index is 11.5. The minimum absolute atomic E-state index is 0.129. The fourth-order valence-corrected chi connectivity index (χ4v) is 1.67. The SMILES string of the molecule is CCOC(=O)C(C#N)=C(Cl)c1ccccc1C. The molecule has 1 aromatic carbocycles. The molecule has 0 spiro atoms. The van der Waals surface area contributed by atoms with Gasteiger partial charge in [0.15, 0.2) is 5.57 Å². The summed E-state index contributed by atoms with van der Waals surface area (Å²) in [7, 11) is 0. The van der Waals surface area contributed by atoms with E-state index in [1.807, 2.05) is 19.1 Å². The van der Waals surface area contributed by atoms with Crippen LogP contribution in [0, 0.1) is 18.3 Å². The van der Waals surface area contributed by atoms with Crippen LogP contribution in [0.1, 0.15) is 18.1 Å². The molecule has 0 aliphatic rings. The summed E-state index contributed by atoms with van der Waals surface area (Å²) in [6.45, 7) is 3.74. The summed E-state index contributed by atoms with van der Waals surface area (Å²) in [6, 6.07) is 9.06. The van der Waals surface area contributed by atoms with Gasteiger partial charge in [0, 0.05) is 0 Å². The zero-order valence-corrected chi connectivity index (χ0v) is 10.4. The van der Waals surface area contributed by atoms with Crippen molar-refractivity contribution in [1.82, 2.24) is 0 Å². The van der Waals surface area contributed by atoms with Crippen LogP contribution in [0.2, 0.25) is 0 Å². The van der Waals surface area contributed by atoms with Crippen molar-refractivity contribution in [1.29, 1.82) is 5.26 Å². The molecule has 0 saturated carbocycles. The molecule has 0 saturated heterocycles. The molecule has 3 nitrogen and oxygen atoms in total. The number of nitriles is 1. The second-order valence-corrected chi connectivity index (χ2v) is 3.71. The van der Waals surface area contributed by atoms with E-state index in [4.69, 9.17) is 21.6 Å². The molecule has 0 atom stereocenters. The number of carbonyl (C=O) groups is 1. The molecule has 0 heterocycles. The van der Waals surface area contributed by atoms with Gasteiger partial charge in [-0.3, -0.25) is 0 Å². The van der Waals surface area contributed by atoms with E-state index in [0.29, 0.717) is 5.56 Å². The van der Waals surface area contributed by atoms with Gasteiger partial charge in [-0.2, -0.15) is 5.26 Å². The van der Waals surface area contributed by atoms with Crippen molar-refractivity contribution in [2.75, 3.05) is 6.61 Å². The van der Waals surface area contributed by atoms with Gasteiger partial charge in [-0.05, 0) is 25.0 Å². The zero-order chi connectivity index (χ0) is 12.8. The van der Waals surface area contributed by atoms with E-state index in [-0.39, 0.29) is 17.2 Å². The van der Waals surface area contributed by atoms with Crippen molar-refractivity contribution >= 4 is 22.6 Å². The molecule has 0 radical (unpaired) electrons. The summed E-state index contributed by atoms with van der Waals surface area (Å²) in [5, 5.41) is 9.08. The van der Waals surface area contributed by atoms with Crippen LogP contribution in [0.5, 0.6) is 0 Å². The van der Waals surface area contributed by atoms with E-state index in [0.717, 1.165) is 5.56 Å². The number of hydrogen-bond donors (Lipinski definition) is 0. The van der Waals surface area contributed by atoms with Crippen molar-refractivity contribution < 1.29 is 9.53 Å². The Labute approximate surface area is 105 Å². The zero-order valence-electron chi connectivity index (χ0n) is 9.66. The summed E-state index contributed by atoms with van der Waals surface area (Å²) < 4.78 is 4.77. The van der Waals surface area contributed by atoms with Gasteiger partial charge < -0.3 is 4.74 Å². The lowest BCUT2D eigenvalue weighted by Crippen LogP contribution is -2.07. The standard InChI is InChI=1S/C13H12ClNO2/c1-3-17-13(16)11(8-15)12(14)10-7-5-4-6-9(10)2/h4-7H,3H2,1-2H3. The number of carbonyl (C=O) groups excluding carboxylic acids is 1. The maximum atomic E-state index is 11.5. The summed E-state index contributed by atoms with van der Waals surface area (Å²) in [6.07, 6.45) is 0. The average molecular weight is 250 g/mol. The third-order valence-corrected chi connectivity index (χ3v) is 2.58. The fourth-order valence-electron chi connectivity index (χ4n) is 1.34. The molecular formula is C13H12ClNO2. The van der Waals surface area contributed by atoms with E-state index in [1.165, 1.54) is 0 Å². The van der Waals surface area contributed by atoms with Crippen LogP contribution in [-0.4, -0.2) is 12.6 Å². The van der Waals surface area contributed by atoms with Crippen LogP contribution >= 0.6 is 11.6 Å². The van der Waals surface area contributed by atoms with Gasteiger partial charge in [0.05, 0.1) is 11.6 Å². The smallest absolute Gasteiger partial charge is 0.350 e. The second-order valence-electron chi connectivity index (χ2n) is 3.34. The average Bonchev–Trinajstić information content (AvgIpc) is 2.30. The summed E-state index contributed by atoms with van der Waals surface area (Å²) in [4.78, 5) is 11.5. The van der Waals surface area contributed by atoms with E-state index in [1.54, 1.807) is 25.1 Å². The van der Waals surface area contributed by atoms with E-state index < -0.39 is 5.97 Å². The molecule has 0 aliphatic heterocycles. The summed E-state index contributed by atoms with van der Waals surface area (Å²) in [5.41, 5.74) is 1.40. The third kappa shape index (κ3) is 3.08. The lowest BCUT2D eigenvalue weighted by Gasteiger charge is -2.06. The number of rotatable bonds is 3. The van der Waals surface area contributed by atoms with Crippen molar-refractivity contribution in [2.24, 2.45) is 0 Å². The first-order valence-corrected chi connectivity index (χ1v) is 5.52. The normalized spacial score (nSPS) is 11.4. The maximum Gasteiger partial charge on any atom is 0.350 e. The summed E-state index contributed by atoms with van der Waals surface area (Å²) in [5.74, 6) is -0.691. The van der Waals surface area contributed by atoms with E-state index in [2.05, 4.69) is 0 Å². The molecule has 0 amide bonds. The van der Waals surface area contributed by atoms with Crippen LogP contribution in [0.4, 0.5) is 0 Å². The number of ether oxygens (including phenoxy) is 1. The Balaban J connectivity index is 3.24. The quantitative estimate of drug-likeness (QED) is 0.470. The Kier molecular flexibility index (Phi) is 4.74. The predicted octanol–water partition coefficient (Wildman–Crippen LogP) is 3.03. The monoisotopic (exact) mass is 249 g/mol. The molecule has 0 unspecified atom stereocenters. The number of benzene rings is 1. The van der Waals surface area contributed by atoms with Crippen LogP contribution in [0.15, 0.2) is 29.8 Å². The first kappa shape index (κ1) is 13.3. The summed E-state index contributed by atoms with van der Waals surface area (Å²) >= 11 is 6.06. The minimum Gasteiger partial charge on any atom is -0.462 e. The van der Waals surface area contributed by atoms with Crippen molar-refractivity contribution in [2.45, 2.75) is 13.8 Å². The van der Waals surface area contributed by atoms with Crippen molar-refractivity contribution in [3.8, 4) is 6.07 Å². The van der Waals surface area contributed by atoms with Crippen LogP contribution in [0.25, 0.3) is 5.03 Å². The lowest BCUT2D eigenvalue weighted by molar-refractivity contribution is -0.137. The minimum atomic E-state index is -0.691. The van der Waals surface area contributed by atoms with Crippen molar-refractivity contribution in [3.05, 3.63) is 41.0 Å². The molecule has 88 valence electrons. The van der Waals surface area contributed by atoms with Gasteiger partial charge >= 0.3 is 5.97 Å². The highest BCUT2D eigenvalue weighted by molar-refractivity contribution is 6.51. The molecule has 0 aromatic heterocycles. The Morgan fingerprint density at radius 1 is 1.47 bits per heavy atom. The second kappa shape index (κ2) is 6.07. The molecule has 0 N–H and O–H groups in total. The first-order valence-electron chi connectivity index (χ1n) is 5.14. The van der Waals surface area contributed by atoms with E-state index >= 15 is 0 Å². The highest BCUT2D eigenvalue weighted by Gasteiger charge is 2.17. The molecule has 1 aromatic rings. The Morgan fingerprint density at radius 3 is 2.65 bits per heavy atom. The van der Waals surface area contributed by atoms with Crippen molar-refractivity contribution in [3.63, 3.8) is 0 Å². The molecule has 0 bridgehead atoms. The highest BCUT2D eigenvalue weighted by Crippen LogP contribution is 2.26. The first-order chi connectivity index (χ1) is 8.11. The van der Waals surface area contributed by atoms with E-state index in [9.17, 15) is 4.79 Å². The number of hydrogen-bond acceptors (Lipinski definition) is 3. The highest BCUT2D eigenvalue weighted by atomic mass is 35.5. The number of esters is 1. The Hall–Kier alpha value is -1.79. The van der Waals surface area contributed by atoms with Gasteiger partial charge in [0.1, 0.15) is 6.07 Å². The van der Waals surface area contributed by atoms with Crippen LogP contribution in [0.3, 0.4) is 0 Å². The Bertz CT molecular complexity index is 500. The Morgan fingerprint density at radius 2 is 2.12 bits per heavy atom. The number of aryl methyl sites for hydroxylation is 1. The topological polar surface area (TPSA) is 50.1 Å². The molecule has 0 fully saturated rings. The van der Waals surface area contributed by atoms with Gasteiger partial charge in [0.2, 0.25) is 0 Å². The van der Waals surface area contributed by atoms with Gasteiger partial charge in [-0.1, -0.05) is 35.9 Å². The fraction of sp³-hybridized carbons (Fsp3) is 0.231. The molecule has 4 heteroatoms. The molecule has 1 rings (SSSR count). The third-order valence-electron chi connectivity index (χ3n) is 2.19. The van der Waals surface area contributed by atoms with Gasteiger partial charge in [-0.15, -0.1) is 0 Å². The van der Waals surface area contributed by atoms with Gasteiger partial charge in [-0.25, -0.2) is 4.79 Å². The predicted molar refractivity (Wildman–Crippen MR) is 66.2 cm³/mol.